The number of ether oxygens (including phenoxy) is 1. The summed E-state index contributed by atoms with van der Waals surface area (Å²) in [6.07, 6.45) is -0.155. The number of thiophene rings is 1. The van der Waals surface area contributed by atoms with Crippen LogP contribution in [0, 0.1) is 0 Å². The highest BCUT2D eigenvalue weighted by atomic mass is 32.1. The van der Waals surface area contributed by atoms with Gasteiger partial charge in [0.1, 0.15) is 6.04 Å². The lowest BCUT2D eigenvalue weighted by Gasteiger charge is -2.32. The minimum Gasteiger partial charge on any atom is -0.480 e. The summed E-state index contributed by atoms with van der Waals surface area (Å²) in [6.45, 7) is 0.292. The molecule has 1 aromatic heterocycles. The van der Waals surface area contributed by atoms with Crippen LogP contribution in [0.1, 0.15) is 16.5 Å². The normalized spacial score (nSPS) is 18.1. The lowest BCUT2D eigenvalue weighted by atomic mass is 10.00. The van der Waals surface area contributed by atoms with Crippen LogP contribution in [-0.4, -0.2) is 48.2 Å². The van der Waals surface area contributed by atoms with Gasteiger partial charge in [-0.2, -0.15) is 0 Å². The van der Waals surface area contributed by atoms with Crippen molar-refractivity contribution in [1.29, 1.82) is 0 Å². The van der Waals surface area contributed by atoms with Crippen molar-refractivity contribution in [2.45, 2.75) is 12.5 Å². The predicted octanol–water partition coefficient (Wildman–Crippen LogP) is 0.614. The SMILES string of the molecule is COC(=O)NC(=O)CN1CCc2sccc2C1C(=O)O. The summed E-state index contributed by atoms with van der Waals surface area (Å²) in [5, 5.41) is 13.2. The number of carboxylic acids is 1. The number of amides is 2. The first-order chi connectivity index (χ1) is 9.52. The van der Waals surface area contributed by atoms with Gasteiger partial charge in [-0.25, -0.2) is 4.79 Å². The Labute approximate surface area is 119 Å². The molecule has 0 spiro atoms. The molecular formula is C12H14N2O5S. The fraction of sp³-hybridized carbons (Fsp3) is 0.417. The molecule has 0 saturated carbocycles. The highest BCUT2D eigenvalue weighted by Gasteiger charge is 2.34. The lowest BCUT2D eigenvalue weighted by molar-refractivity contribution is -0.144. The molecule has 20 heavy (non-hydrogen) atoms. The fourth-order valence-corrected chi connectivity index (χ4v) is 3.12. The molecule has 1 aromatic rings. The van der Waals surface area contributed by atoms with Crippen LogP contribution in [0.3, 0.4) is 0 Å². The van der Waals surface area contributed by atoms with Crippen molar-refractivity contribution in [2.24, 2.45) is 0 Å². The van der Waals surface area contributed by atoms with E-state index < -0.39 is 24.0 Å². The van der Waals surface area contributed by atoms with E-state index in [2.05, 4.69) is 4.74 Å². The molecule has 7 nitrogen and oxygen atoms in total. The molecule has 0 saturated heterocycles. The number of carbonyl (C=O) groups excluding carboxylic acids is 2. The Morgan fingerprint density at radius 1 is 1.55 bits per heavy atom. The molecule has 0 bridgehead atoms. The second-order valence-electron chi connectivity index (χ2n) is 4.30. The van der Waals surface area contributed by atoms with Crippen molar-refractivity contribution in [3.63, 3.8) is 0 Å². The van der Waals surface area contributed by atoms with Crippen molar-refractivity contribution in [3.8, 4) is 0 Å². The second-order valence-corrected chi connectivity index (χ2v) is 5.30. The minimum atomic E-state index is -1.00. The topological polar surface area (TPSA) is 95.9 Å². The number of imide groups is 1. The zero-order valence-electron chi connectivity index (χ0n) is 10.8. The van der Waals surface area contributed by atoms with Gasteiger partial charge in [-0.3, -0.25) is 19.8 Å². The first-order valence-corrected chi connectivity index (χ1v) is 6.81. The van der Waals surface area contributed by atoms with E-state index in [0.29, 0.717) is 13.0 Å². The second kappa shape index (κ2) is 6.02. The molecule has 1 aliphatic heterocycles. The summed E-state index contributed by atoms with van der Waals surface area (Å²) in [6, 6.07) is 0.914. The number of rotatable bonds is 3. The molecular weight excluding hydrogens is 284 g/mol. The van der Waals surface area contributed by atoms with Gasteiger partial charge in [0.2, 0.25) is 5.91 Å². The number of nitrogens with one attached hydrogen (secondary N) is 1. The molecule has 2 amide bonds. The molecule has 1 atom stereocenters. The average molecular weight is 298 g/mol. The Hall–Kier alpha value is -1.93. The van der Waals surface area contributed by atoms with E-state index in [0.717, 1.165) is 17.6 Å². The van der Waals surface area contributed by atoms with Crippen LogP contribution in [0.5, 0.6) is 0 Å². The number of nitrogens with zero attached hydrogens (tertiary/aromatic N) is 1. The Kier molecular flexibility index (Phi) is 4.35. The molecule has 1 aliphatic rings. The molecule has 2 rings (SSSR count). The Bertz CT molecular complexity index is 542. The molecule has 0 radical (unpaired) electrons. The van der Waals surface area contributed by atoms with Crippen LogP contribution in [-0.2, 0) is 20.7 Å². The third-order valence-corrected chi connectivity index (χ3v) is 4.07. The Morgan fingerprint density at radius 3 is 2.95 bits per heavy atom. The van der Waals surface area contributed by atoms with Gasteiger partial charge >= 0.3 is 12.1 Å². The van der Waals surface area contributed by atoms with Crippen molar-refractivity contribution in [2.75, 3.05) is 20.2 Å². The largest absolute Gasteiger partial charge is 0.480 e. The molecule has 2 N–H and O–H groups in total. The predicted molar refractivity (Wildman–Crippen MR) is 70.5 cm³/mol. The molecule has 0 aliphatic carbocycles. The smallest absolute Gasteiger partial charge is 0.413 e. The van der Waals surface area contributed by atoms with E-state index in [-0.39, 0.29) is 6.54 Å². The zero-order chi connectivity index (χ0) is 14.7. The summed E-state index contributed by atoms with van der Waals surface area (Å²) in [5.74, 6) is -1.59. The third-order valence-electron chi connectivity index (χ3n) is 3.07. The first-order valence-electron chi connectivity index (χ1n) is 5.94. The third kappa shape index (κ3) is 2.97. The molecule has 1 unspecified atom stereocenters. The summed E-state index contributed by atoms with van der Waals surface area (Å²) in [5.41, 5.74) is 0.722. The molecule has 8 heteroatoms. The number of hydrogen-bond acceptors (Lipinski definition) is 6. The van der Waals surface area contributed by atoms with Gasteiger partial charge in [-0.05, 0) is 23.4 Å². The number of fused-ring (bicyclic) bond motifs is 1. The molecule has 2 heterocycles. The van der Waals surface area contributed by atoms with Gasteiger partial charge in [0.15, 0.2) is 0 Å². The van der Waals surface area contributed by atoms with E-state index in [9.17, 15) is 19.5 Å². The lowest BCUT2D eigenvalue weighted by Crippen LogP contribution is -2.46. The van der Waals surface area contributed by atoms with Crippen LogP contribution < -0.4 is 5.32 Å². The minimum absolute atomic E-state index is 0.165. The first kappa shape index (κ1) is 14.5. The van der Waals surface area contributed by atoms with Crippen molar-refractivity contribution >= 4 is 29.3 Å². The number of alkyl carbamates (subject to hydrolysis) is 1. The van der Waals surface area contributed by atoms with Crippen molar-refractivity contribution < 1.29 is 24.2 Å². The van der Waals surface area contributed by atoms with Gasteiger partial charge < -0.3 is 9.84 Å². The monoisotopic (exact) mass is 298 g/mol. The van der Waals surface area contributed by atoms with Gasteiger partial charge in [-0.1, -0.05) is 0 Å². The molecule has 108 valence electrons. The highest BCUT2D eigenvalue weighted by Crippen LogP contribution is 2.33. The van der Waals surface area contributed by atoms with E-state index in [1.165, 1.54) is 16.2 Å². The Morgan fingerprint density at radius 2 is 2.30 bits per heavy atom. The van der Waals surface area contributed by atoms with Crippen LogP contribution in [0.15, 0.2) is 11.4 Å². The average Bonchev–Trinajstić information content (AvgIpc) is 2.85. The van der Waals surface area contributed by atoms with Crippen molar-refractivity contribution in [3.05, 3.63) is 21.9 Å². The van der Waals surface area contributed by atoms with E-state index in [4.69, 9.17) is 0 Å². The zero-order valence-corrected chi connectivity index (χ0v) is 11.6. The van der Waals surface area contributed by atoms with Gasteiger partial charge in [0, 0.05) is 11.4 Å². The number of carboxylic acid groups (broad SMARTS) is 1. The van der Waals surface area contributed by atoms with Gasteiger partial charge in [0.05, 0.1) is 13.7 Å². The highest BCUT2D eigenvalue weighted by molar-refractivity contribution is 7.10. The number of hydrogen-bond donors (Lipinski definition) is 2. The van der Waals surface area contributed by atoms with Crippen LogP contribution in [0.4, 0.5) is 4.79 Å². The van der Waals surface area contributed by atoms with Gasteiger partial charge in [0.25, 0.3) is 0 Å². The maximum Gasteiger partial charge on any atom is 0.413 e. The summed E-state index contributed by atoms with van der Waals surface area (Å²) in [4.78, 5) is 36.6. The number of methoxy groups -OCH3 is 1. The van der Waals surface area contributed by atoms with E-state index >= 15 is 0 Å². The maximum atomic E-state index is 11.7. The fourth-order valence-electron chi connectivity index (χ4n) is 2.22. The number of carbonyl (C=O) groups is 3. The molecule has 0 fully saturated rings. The Balaban J connectivity index is 2.10. The van der Waals surface area contributed by atoms with Crippen LogP contribution in [0.2, 0.25) is 0 Å². The summed E-state index contributed by atoms with van der Waals surface area (Å²) >= 11 is 1.52. The van der Waals surface area contributed by atoms with E-state index in [1.54, 1.807) is 6.07 Å². The van der Waals surface area contributed by atoms with Crippen LogP contribution in [0.25, 0.3) is 0 Å². The van der Waals surface area contributed by atoms with Crippen LogP contribution >= 0.6 is 11.3 Å². The van der Waals surface area contributed by atoms with Crippen molar-refractivity contribution in [1.82, 2.24) is 10.2 Å². The standard InChI is InChI=1S/C12H14N2O5S/c1-19-12(18)13-9(15)6-14-4-2-8-7(3-5-20-8)10(14)11(16)17/h3,5,10H,2,4,6H2,1H3,(H,16,17)(H,13,15,18). The molecule has 0 aromatic carbocycles. The summed E-state index contributed by atoms with van der Waals surface area (Å²) in [7, 11) is 1.15. The summed E-state index contributed by atoms with van der Waals surface area (Å²) < 4.78 is 4.32. The maximum absolute atomic E-state index is 11.7. The van der Waals surface area contributed by atoms with Gasteiger partial charge in [-0.15, -0.1) is 11.3 Å². The number of aliphatic carboxylic acids is 1. The van der Waals surface area contributed by atoms with E-state index in [1.807, 2.05) is 10.7 Å². The quantitative estimate of drug-likeness (QED) is 0.849.